The van der Waals surface area contributed by atoms with E-state index >= 15 is 0 Å². The van der Waals surface area contributed by atoms with Crippen LogP contribution in [-0.2, 0) is 0 Å². The highest BCUT2D eigenvalue weighted by molar-refractivity contribution is 9.10. The molecule has 2 amide bonds. The van der Waals surface area contributed by atoms with Gasteiger partial charge in [0.25, 0.3) is 11.8 Å². The molecular formula is C15H13BrN2O2. The van der Waals surface area contributed by atoms with Gasteiger partial charge in [-0.3, -0.25) is 14.5 Å². The molecule has 2 aromatic carbocycles. The minimum absolute atomic E-state index is 0.236. The van der Waals surface area contributed by atoms with Gasteiger partial charge in [0.15, 0.2) is 0 Å². The topological polar surface area (TPSA) is 63.4 Å². The molecule has 0 bridgehead atoms. The van der Waals surface area contributed by atoms with E-state index in [1.54, 1.807) is 12.1 Å². The number of imide groups is 1. The summed E-state index contributed by atoms with van der Waals surface area (Å²) in [5, 5.41) is 1.63. The molecule has 0 aromatic heterocycles. The van der Waals surface area contributed by atoms with E-state index in [9.17, 15) is 9.59 Å². The molecule has 2 N–H and O–H groups in total. The van der Waals surface area contributed by atoms with Gasteiger partial charge in [0.05, 0.1) is 0 Å². The Morgan fingerprint density at radius 2 is 1.75 bits per heavy atom. The van der Waals surface area contributed by atoms with Crippen molar-refractivity contribution in [1.29, 1.82) is 0 Å². The Morgan fingerprint density at radius 3 is 2.45 bits per heavy atom. The Balaban J connectivity index is 2.23. The number of hydrogen-bond donors (Lipinski definition) is 1. The average molecular weight is 333 g/mol. The molecule has 0 radical (unpaired) electrons. The van der Waals surface area contributed by atoms with Gasteiger partial charge >= 0.3 is 0 Å². The maximum absolute atomic E-state index is 12.5. The van der Waals surface area contributed by atoms with E-state index in [4.69, 9.17) is 5.73 Å². The lowest BCUT2D eigenvalue weighted by atomic mass is 9.94. The lowest BCUT2D eigenvalue weighted by molar-refractivity contribution is 0.0610. The highest BCUT2D eigenvalue weighted by atomic mass is 79.9. The third-order valence-corrected chi connectivity index (χ3v) is 4.22. The molecule has 2 aromatic rings. The van der Waals surface area contributed by atoms with Crippen molar-refractivity contribution in [1.82, 2.24) is 4.90 Å². The molecule has 1 aliphatic rings. The number of nitrogens with zero attached hydrogens (tertiary/aromatic N) is 1. The predicted octanol–water partition coefficient (Wildman–Crippen LogP) is 2.55. The maximum Gasteiger partial charge on any atom is 0.261 e. The Kier molecular flexibility index (Phi) is 3.31. The summed E-state index contributed by atoms with van der Waals surface area (Å²) in [4.78, 5) is 26.2. The van der Waals surface area contributed by atoms with Gasteiger partial charge in [0.1, 0.15) is 0 Å². The number of nitrogens with two attached hydrogens (primary N) is 1. The fraction of sp³-hybridized carbons (Fsp3) is 0.200. The van der Waals surface area contributed by atoms with Crippen LogP contribution in [0.2, 0.25) is 0 Å². The monoisotopic (exact) mass is 332 g/mol. The molecule has 20 heavy (non-hydrogen) atoms. The molecule has 0 spiro atoms. The van der Waals surface area contributed by atoms with Crippen molar-refractivity contribution in [3.8, 4) is 0 Å². The van der Waals surface area contributed by atoms with Crippen molar-refractivity contribution >= 4 is 38.5 Å². The second kappa shape index (κ2) is 5.00. The van der Waals surface area contributed by atoms with Gasteiger partial charge in [0.2, 0.25) is 0 Å². The SMILES string of the molecule is NCCCN1C(=O)c2cccc3c(Br)ccc(c23)C1=O. The van der Waals surface area contributed by atoms with Gasteiger partial charge in [-0.2, -0.15) is 0 Å². The van der Waals surface area contributed by atoms with Crippen LogP contribution in [0.1, 0.15) is 27.1 Å². The molecule has 0 saturated heterocycles. The summed E-state index contributed by atoms with van der Waals surface area (Å²) in [6.07, 6.45) is 0.610. The van der Waals surface area contributed by atoms with Gasteiger partial charge in [0, 0.05) is 27.5 Å². The minimum Gasteiger partial charge on any atom is -0.330 e. The molecule has 5 heteroatoms. The average Bonchev–Trinajstić information content (AvgIpc) is 2.46. The van der Waals surface area contributed by atoms with E-state index < -0.39 is 0 Å². The van der Waals surface area contributed by atoms with Crippen LogP contribution in [0, 0.1) is 0 Å². The van der Waals surface area contributed by atoms with Gasteiger partial charge in [-0.15, -0.1) is 0 Å². The maximum atomic E-state index is 12.5. The van der Waals surface area contributed by atoms with Crippen LogP contribution in [0.5, 0.6) is 0 Å². The predicted molar refractivity (Wildman–Crippen MR) is 80.7 cm³/mol. The molecule has 0 atom stereocenters. The van der Waals surface area contributed by atoms with Gasteiger partial charge in [-0.25, -0.2) is 0 Å². The van der Waals surface area contributed by atoms with Crippen LogP contribution >= 0.6 is 15.9 Å². The Hall–Kier alpha value is -1.72. The number of halogens is 1. The zero-order valence-electron chi connectivity index (χ0n) is 10.7. The summed E-state index contributed by atoms with van der Waals surface area (Å²) in [7, 11) is 0. The number of rotatable bonds is 3. The molecule has 1 heterocycles. The summed E-state index contributed by atoms with van der Waals surface area (Å²) in [5.41, 5.74) is 6.63. The molecule has 102 valence electrons. The van der Waals surface area contributed by atoms with Gasteiger partial charge in [-0.1, -0.05) is 28.1 Å². The fourth-order valence-corrected chi connectivity index (χ4v) is 3.03. The summed E-state index contributed by atoms with van der Waals surface area (Å²) < 4.78 is 0.883. The standard InChI is InChI=1S/C15H13BrN2O2/c16-12-6-5-11-13-9(12)3-1-4-10(13)14(19)18(15(11)20)8-2-7-17/h1,3-6H,2,7-8,17H2. The second-order valence-corrected chi connectivity index (χ2v) is 5.58. The molecule has 0 aliphatic carbocycles. The Morgan fingerprint density at radius 1 is 1.05 bits per heavy atom. The quantitative estimate of drug-likeness (QED) is 0.878. The third kappa shape index (κ3) is 1.85. The van der Waals surface area contributed by atoms with Gasteiger partial charge in [-0.05, 0) is 36.6 Å². The molecular weight excluding hydrogens is 320 g/mol. The molecule has 3 rings (SSSR count). The van der Waals surface area contributed by atoms with Crippen molar-refractivity contribution in [3.05, 3.63) is 45.9 Å². The lowest BCUT2D eigenvalue weighted by Gasteiger charge is -2.27. The van der Waals surface area contributed by atoms with E-state index in [0.717, 1.165) is 15.2 Å². The summed E-state index contributed by atoms with van der Waals surface area (Å²) in [5.74, 6) is -0.473. The largest absolute Gasteiger partial charge is 0.330 e. The lowest BCUT2D eigenvalue weighted by Crippen LogP contribution is -2.41. The van der Waals surface area contributed by atoms with Crippen LogP contribution < -0.4 is 5.73 Å². The highest BCUT2D eigenvalue weighted by Gasteiger charge is 2.32. The second-order valence-electron chi connectivity index (χ2n) is 4.73. The number of hydrogen-bond acceptors (Lipinski definition) is 3. The zero-order chi connectivity index (χ0) is 14.3. The van der Waals surface area contributed by atoms with Crippen molar-refractivity contribution in [2.45, 2.75) is 6.42 Å². The molecule has 0 unspecified atom stereocenters. The summed E-state index contributed by atoms with van der Waals surface area (Å²) in [6, 6.07) is 9.11. The first-order valence-electron chi connectivity index (χ1n) is 6.42. The van der Waals surface area contributed by atoms with Crippen molar-refractivity contribution in [3.63, 3.8) is 0 Å². The van der Waals surface area contributed by atoms with Gasteiger partial charge < -0.3 is 5.73 Å². The molecule has 1 aliphatic heterocycles. The number of amides is 2. The molecule has 0 saturated carbocycles. The van der Waals surface area contributed by atoms with Crippen molar-refractivity contribution in [2.24, 2.45) is 5.73 Å². The summed E-state index contributed by atoms with van der Waals surface area (Å²) in [6.45, 7) is 0.814. The Bertz CT molecular complexity index is 705. The van der Waals surface area contributed by atoms with E-state index in [-0.39, 0.29) is 11.8 Å². The van der Waals surface area contributed by atoms with Crippen LogP contribution in [0.4, 0.5) is 0 Å². The summed E-state index contributed by atoms with van der Waals surface area (Å²) >= 11 is 3.46. The first-order valence-corrected chi connectivity index (χ1v) is 7.22. The van der Waals surface area contributed by atoms with Crippen LogP contribution in [0.3, 0.4) is 0 Å². The van der Waals surface area contributed by atoms with E-state index in [1.807, 2.05) is 18.2 Å². The van der Waals surface area contributed by atoms with Crippen molar-refractivity contribution in [2.75, 3.05) is 13.1 Å². The van der Waals surface area contributed by atoms with Crippen molar-refractivity contribution < 1.29 is 9.59 Å². The number of benzene rings is 2. The van der Waals surface area contributed by atoms with Crippen LogP contribution in [0.15, 0.2) is 34.8 Å². The first-order chi connectivity index (χ1) is 9.65. The number of carbonyl (C=O) groups is 2. The van der Waals surface area contributed by atoms with E-state index in [1.165, 1.54) is 4.90 Å². The van der Waals surface area contributed by atoms with Crippen LogP contribution in [0.25, 0.3) is 10.8 Å². The zero-order valence-corrected chi connectivity index (χ0v) is 12.3. The van der Waals surface area contributed by atoms with E-state index in [0.29, 0.717) is 30.6 Å². The van der Waals surface area contributed by atoms with E-state index in [2.05, 4.69) is 15.9 Å². The molecule has 4 nitrogen and oxygen atoms in total. The smallest absolute Gasteiger partial charge is 0.261 e. The minimum atomic E-state index is -0.236. The Labute approximate surface area is 124 Å². The first kappa shape index (κ1) is 13.3. The fourth-order valence-electron chi connectivity index (χ4n) is 2.56. The number of carbonyl (C=O) groups excluding carboxylic acids is 2. The normalized spacial score (nSPS) is 14.2. The molecule has 0 fully saturated rings. The van der Waals surface area contributed by atoms with Crippen LogP contribution in [-0.4, -0.2) is 29.8 Å². The highest BCUT2D eigenvalue weighted by Crippen LogP contribution is 2.34. The third-order valence-electron chi connectivity index (χ3n) is 3.52.